The van der Waals surface area contributed by atoms with Crippen LogP contribution in [0.1, 0.15) is 60.9 Å². The summed E-state index contributed by atoms with van der Waals surface area (Å²) in [6, 6.07) is 12.6. The number of hydrogen-bond donors (Lipinski definition) is 2. The molecule has 0 radical (unpaired) electrons. The number of fused-ring (bicyclic) bond motifs is 1. The first-order valence-electron chi connectivity index (χ1n) is 13.2. The van der Waals surface area contributed by atoms with Crippen LogP contribution in [0.5, 0.6) is 11.5 Å². The molecule has 7 nitrogen and oxygen atoms in total. The molecule has 0 aromatic heterocycles. The minimum atomic E-state index is -0.564. The minimum Gasteiger partial charge on any atom is -0.497 e. The average molecular weight is 494 g/mol. The number of carbonyl (C=O) groups excluding carboxylic acids is 2. The molecule has 1 aliphatic heterocycles. The molecule has 1 saturated carbocycles. The van der Waals surface area contributed by atoms with Crippen LogP contribution in [-0.4, -0.2) is 51.7 Å². The average Bonchev–Trinajstić information content (AvgIpc) is 3.34. The van der Waals surface area contributed by atoms with E-state index in [2.05, 4.69) is 21.6 Å². The zero-order valence-electron chi connectivity index (χ0n) is 21.6. The topological polar surface area (TPSA) is 79.9 Å². The molecule has 1 aliphatic carbocycles. The van der Waals surface area contributed by atoms with Crippen molar-refractivity contribution in [2.45, 2.75) is 57.4 Å². The Bertz CT molecular complexity index is 1030. The third kappa shape index (κ3) is 6.50. The third-order valence-corrected chi connectivity index (χ3v) is 7.49. The van der Waals surface area contributed by atoms with Crippen molar-refractivity contribution in [3.63, 3.8) is 0 Å². The van der Waals surface area contributed by atoms with Crippen LogP contribution in [0.2, 0.25) is 0 Å². The molecule has 36 heavy (non-hydrogen) atoms. The summed E-state index contributed by atoms with van der Waals surface area (Å²) >= 11 is 0. The van der Waals surface area contributed by atoms with Crippen LogP contribution in [-0.2, 0) is 11.2 Å². The Labute approximate surface area is 214 Å². The molecule has 4 rings (SSSR count). The molecule has 2 aliphatic rings. The lowest BCUT2D eigenvalue weighted by Crippen LogP contribution is -2.48. The molecular weight excluding hydrogens is 454 g/mol. The highest BCUT2D eigenvalue weighted by Gasteiger charge is 2.26. The molecule has 1 atom stereocenters. The first-order chi connectivity index (χ1) is 17.6. The molecule has 2 aromatic rings. The number of amides is 2. The van der Waals surface area contributed by atoms with E-state index in [1.54, 1.807) is 38.5 Å². The monoisotopic (exact) mass is 493 g/mol. The summed E-state index contributed by atoms with van der Waals surface area (Å²) in [5.74, 6) is 1.74. The number of para-hydroxylation sites is 1. The van der Waals surface area contributed by atoms with Crippen LogP contribution in [0.3, 0.4) is 0 Å². The maximum Gasteiger partial charge on any atom is 0.252 e. The van der Waals surface area contributed by atoms with E-state index in [4.69, 9.17) is 9.47 Å². The Kier molecular flexibility index (Phi) is 9.09. The summed E-state index contributed by atoms with van der Waals surface area (Å²) < 4.78 is 10.8. The number of ether oxygens (including phenoxy) is 2. The van der Waals surface area contributed by atoms with Gasteiger partial charge in [0.2, 0.25) is 5.91 Å². The fraction of sp³-hybridized carbons (Fsp3) is 0.517. The second kappa shape index (κ2) is 12.7. The SMILES string of the molecule is COc1cccc(C(=O)NC(CCC2CCCCC2)C(=O)NCCN2CCc3cccc(OC)c32)c1. The molecule has 1 unspecified atom stereocenters. The van der Waals surface area contributed by atoms with E-state index >= 15 is 0 Å². The van der Waals surface area contributed by atoms with Gasteiger partial charge in [-0.2, -0.15) is 0 Å². The lowest BCUT2D eigenvalue weighted by molar-refractivity contribution is -0.123. The molecule has 2 N–H and O–H groups in total. The summed E-state index contributed by atoms with van der Waals surface area (Å²) in [6.07, 6.45) is 8.83. The summed E-state index contributed by atoms with van der Waals surface area (Å²) in [5, 5.41) is 6.08. The van der Waals surface area contributed by atoms with Crippen LogP contribution in [0.4, 0.5) is 5.69 Å². The molecule has 7 heteroatoms. The van der Waals surface area contributed by atoms with Crippen molar-refractivity contribution in [2.24, 2.45) is 5.92 Å². The van der Waals surface area contributed by atoms with Gasteiger partial charge >= 0.3 is 0 Å². The Morgan fingerprint density at radius 3 is 2.64 bits per heavy atom. The van der Waals surface area contributed by atoms with E-state index < -0.39 is 6.04 Å². The van der Waals surface area contributed by atoms with Crippen LogP contribution in [0.25, 0.3) is 0 Å². The number of benzene rings is 2. The first kappa shape index (κ1) is 25.9. The predicted octanol–water partition coefficient (Wildman–Crippen LogP) is 4.34. The summed E-state index contributed by atoms with van der Waals surface area (Å²) in [7, 11) is 3.27. The normalized spacial score (nSPS) is 16.2. The van der Waals surface area contributed by atoms with Crippen molar-refractivity contribution < 1.29 is 19.1 Å². The van der Waals surface area contributed by atoms with Crippen molar-refractivity contribution in [1.29, 1.82) is 0 Å². The van der Waals surface area contributed by atoms with Crippen molar-refractivity contribution in [1.82, 2.24) is 10.6 Å². The third-order valence-electron chi connectivity index (χ3n) is 7.49. The number of anilines is 1. The van der Waals surface area contributed by atoms with Gasteiger partial charge in [0.1, 0.15) is 17.5 Å². The molecule has 194 valence electrons. The number of hydrogen-bond acceptors (Lipinski definition) is 5. The van der Waals surface area contributed by atoms with Crippen LogP contribution in [0, 0.1) is 5.92 Å². The molecular formula is C29H39N3O4. The maximum absolute atomic E-state index is 13.3. The van der Waals surface area contributed by atoms with Crippen molar-refractivity contribution >= 4 is 17.5 Å². The second-order valence-corrected chi connectivity index (χ2v) is 9.84. The molecule has 2 aromatic carbocycles. The molecule has 0 spiro atoms. The Morgan fingerprint density at radius 2 is 1.86 bits per heavy atom. The summed E-state index contributed by atoms with van der Waals surface area (Å²) in [4.78, 5) is 28.5. The van der Waals surface area contributed by atoms with Crippen LogP contribution in [0.15, 0.2) is 42.5 Å². The van der Waals surface area contributed by atoms with Gasteiger partial charge in [0, 0.05) is 25.2 Å². The van der Waals surface area contributed by atoms with Gasteiger partial charge in [0.25, 0.3) is 5.91 Å². The molecule has 0 saturated heterocycles. The summed E-state index contributed by atoms with van der Waals surface area (Å²) in [6.45, 7) is 2.10. The Balaban J connectivity index is 1.37. The van der Waals surface area contributed by atoms with Crippen LogP contribution >= 0.6 is 0 Å². The highest BCUT2D eigenvalue weighted by atomic mass is 16.5. The van der Waals surface area contributed by atoms with Gasteiger partial charge < -0.3 is 25.0 Å². The Morgan fingerprint density at radius 1 is 1.06 bits per heavy atom. The predicted molar refractivity (Wildman–Crippen MR) is 142 cm³/mol. The second-order valence-electron chi connectivity index (χ2n) is 9.84. The van der Waals surface area contributed by atoms with Gasteiger partial charge in [-0.05, 0) is 55.0 Å². The fourth-order valence-electron chi connectivity index (χ4n) is 5.47. The maximum atomic E-state index is 13.3. The largest absolute Gasteiger partial charge is 0.497 e. The van der Waals surface area contributed by atoms with Gasteiger partial charge in [-0.1, -0.05) is 50.3 Å². The molecule has 1 fully saturated rings. The van der Waals surface area contributed by atoms with E-state index in [0.717, 1.165) is 30.8 Å². The van der Waals surface area contributed by atoms with E-state index in [0.29, 0.717) is 36.7 Å². The number of nitrogens with zero attached hydrogens (tertiary/aromatic N) is 1. The lowest BCUT2D eigenvalue weighted by atomic mass is 9.85. The fourth-order valence-corrected chi connectivity index (χ4v) is 5.47. The van der Waals surface area contributed by atoms with Gasteiger partial charge in [-0.3, -0.25) is 9.59 Å². The number of rotatable bonds is 11. The van der Waals surface area contributed by atoms with E-state index in [1.165, 1.54) is 37.7 Å². The van der Waals surface area contributed by atoms with Gasteiger partial charge in [-0.25, -0.2) is 0 Å². The molecule has 2 amide bonds. The smallest absolute Gasteiger partial charge is 0.252 e. The number of methoxy groups -OCH3 is 2. The highest BCUT2D eigenvalue weighted by Crippen LogP contribution is 2.36. The van der Waals surface area contributed by atoms with Gasteiger partial charge in [0.05, 0.1) is 19.9 Å². The van der Waals surface area contributed by atoms with Crippen molar-refractivity contribution in [3.8, 4) is 11.5 Å². The van der Waals surface area contributed by atoms with Crippen LogP contribution < -0.4 is 25.0 Å². The standard InChI is InChI=1S/C29H39N3O4/c1-35-24-12-6-11-23(20-24)28(33)31-25(15-14-21-8-4-3-5-9-21)29(34)30-17-19-32-18-16-22-10-7-13-26(36-2)27(22)32/h6-7,10-13,20-21,25H,3-5,8-9,14-19H2,1-2H3,(H,30,34)(H,31,33). The van der Waals surface area contributed by atoms with Gasteiger partial charge in [-0.15, -0.1) is 0 Å². The summed E-state index contributed by atoms with van der Waals surface area (Å²) in [5.41, 5.74) is 2.89. The zero-order valence-corrected chi connectivity index (χ0v) is 21.6. The molecule has 0 bridgehead atoms. The zero-order chi connectivity index (χ0) is 25.3. The first-order valence-corrected chi connectivity index (χ1v) is 13.2. The number of nitrogens with one attached hydrogen (secondary N) is 2. The quantitative estimate of drug-likeness (QED) is 0.487. The van der Waals surface area contributed by atoms with Gasteiger partial charge in [0.15, 0.2) is 0 Å². The van der Waals surface area contributed by atoms with E-state index in [-0.39, 0.29) is 11.8 Å². The van der Waals surface area contributed by atoms with Crippen molar-refractivity contribution in [2.75, 3.05) is 38.8 Å². The highest BCUT2D eigenvalue weighted by molar-refractivity contribution is 5.97. The number of carbonyl (C=O) groups is 2. The Hall–Kier alpha value is -3.22. The molecule has 1 heterocycles. The lowest BCUT2D eigenvalue weighted by Gasteiger charge is -2.25. The van der Waals surface area contributed by atoms with E-state index in [1.807, 2.05) is 12.1 Å². The van der Waals surface area contributed by atoms with Crippen molar-refractivity contribution in [3.05, 3.63) is 53.6 Å². The minimum absolute atomic E-state index is 0.124. The van der Waals surface area contributed by atoms with E-state index in [9.17, 15) is 9.59 Å².